The molecule has 21 heavy (non-hydrogen) atoms. The molecule has 4 nitrogen and oxygen atoms in total. The van der Waals surface area contributed by atoms with Crippen LogP contribution in [0.25, 0.3) is 0 Å². The molecule has 0 bridgehead atoms. The van der Waals surface area contributed by atoms with Crippen LogP contribution < -0.4 is 16.6 Å². The highest BCUT2D eigenvalue weighted by atomic mass is 35.5. The fourth-order valence-electron chi connectivity index (χ4n) is 2.26. The molecule has 2 aromatic rings. The normalized spacial score (nSPS) is 12.0. The smallest absolute Gasteiger partial charge is 0.253 e. The van der Waals surface area contributed by atoms with Crippen molar-refractivity contribution >= 4 is 34.5 Å². The van der Waals surface area contributed by atoms with Gasteiger partial charge in [0.1, 0.15) is 0 Å². The predicted molar refractivity (Wildman–Crippen MR) is 88.9 cm³/mol. The molecule has 1 heterocycles. The number of nitrogens with one attached hydrogen (secondary N) is 2. The van der Waals surface area contributed by atoms with E-state index in [2.05, 4.69) is 30.7 Å². The van der Waals surface area contributed by atoms with Crippen LogP contribution in [0.5, 0.6) is 0 Å². The minimum atomic E-state index is -0.207. The number of benzene rings is 1. The van der Waals surface area contributed by atoms with Gasteiger partial charge in [-0.3, -0.25) is 10.6 Å². The minimum Gasteiger partial charge on any atom is -0.345 e. The Morgan fingerprint density at radius 2 is 2.05 bits per heavy atom. The van der Waals surface area contributed by atoms with Crippen molar-refractivity contribution in [2.24, 2.45) is 5.84 Å². The van der Waals surface area contributed by atoms with Gasteiger partial charge in [-0.05, 0) is 50.6 Å². The van der Waals surface area contributed by atoms with Crippen molar-refractivity contribution in [1.82, 2.24) is 5.32 Å². The molecular formula is C15H18ClN3OS. The second kappa shape index (κ2) is 6.47. The van der Waals surface area contributed by atoms with Crippen LogP contribution in [0.1, 0.15) is 38.6 Å². The number of nitrogen functional groups attached to an aromatic ring is 1. The summed E-state index contributed by atoms with van der Waals surface area (Å²) in [5.74, 6) is 5.23. The van der Waals surface area contributed by atoms with Crippen LogP contribution >= 0.6 is 22.9 Å². The van der Waals surface area contributed by atoms with Gasteiger partial charge in [0.2, 0.25) is 0 Å². The van der Waals surface area contributed by atoms with Crippen molar-refractivity contribution < 1.29 is 4.79 Å². The lowest BCUT2D eigenvalue weighted by Crippen LogP contribution is -2.28. The number of aryl methyl sites for hydroxylation is 2. The quantitative estimate of drug-likeness (QED) is 0.592. The summed E-state index contributed by atoms with van der Waals surface area (Å²) in [7, 11) is 0. The van der Waals surface area contributed by atoms with Crippen molar-refractivity contribution in [3.63, 3.8) is 0 Å². The maximum Gasteiger partial charge on any atom is 0.253 e. The van der Waals surface area contributed by atoms with Gasteiger partial charge in [0.15, 0.2) is 0 Å². The van der Waals surface area contributed by atoms with E-state index in [0.717, 1.165) is 5.56 Å². The molecule has 0 fully saturated rings. The molecule has 2 rings (SSSR count). The summed E-state index contributed by atoms with van der Waals surface area (Å²) >= 11 is 7.68. The van der Waals surface area contributed by atoms with Gasteiger partial charge in [-0.2, -0.15) is 0 Å². The van der Waals surface area contributed by atoms with Crippen molar-refractivity contribution in [2.75, 3.05) is 5.43 Å². The van der Waals surface area contributed by atoms with Crippen LogP contribution in [0.4, 0.5) is 5.69 Å². The maximum atomic E-state index is 12.4. The van der Waals surface area contributed by atoms with E-state index in [9.17, 15) is 4.79 Å². The van der Waals surface area contributed by atoms with Crippen LogP contribution in [0.3, 0.4) is 0 Å². The Bertz CT molecular complexity index is 669. The Hall–Kier alpha value is -1.56. The Kier molecular flexibility index (Phi) is 4.88. The summed E-state index contributed by atoms with van der Waals surface area (Å²) in [5, 5.41) is 3.48. The molecule has 112 valence electrons. The number of thiophene rings is 1. The number of amides is 1. The lowest BCUT2D eigenvalue weighted by atomic mass is 10.1. The Balaban J connectivity index is 2.22. The van der Waals surface area contributed by atoms with E-state index in [4.69, 9.17) is 17.4 Å². The molecule has 1 atom stereocenters. The molecule has 1 amide bonds. The van der Waals surface area contributed by atoms with Crippen LogP contribution in [0.15, 0.2) is 24.3 Å². The zero-order valence-corrected chi connectivity index (χ0v) is 13.7. The summed E-state index contributed by atoms with van der Waals surface area (Å²) in [6.07, 6.45) is 0. The lowest BCUT2D eigenvalue weighted by Gasteiger charge is -2.16. The second-order valence-corrected chi connectivity index (χ2v) is 6.79. The van der Waals surface area contributed by atoms with Crippen molar-refractivity contribution in [3.05, 3.63) is 50.2 Å². The van der Waals surface area contributed by atoms with Crippen molar-refractivity contribution in [1.29, 1.82) is 0 Å². The molecule has 1 unspecified atom stereocenters. The van der Waals surface area contributed by atoms with Gasteiger partial charge in [-0.1, -0.05) is 11.6 Å². The van der Waals surface area contributed by atoms with Gasteiger partial charge in [0, 0.05) is 14.8 Å². The highest BCUT2D eigenvalue weighted by Gasteiger charge is 2.17. The molecule has 6 heteroatoms. The molecule has 0 saturated carbocycles. The van der Waals surface area contributed by atoms with Crippen LogP contribution in [-0.2, 0) is 0 Å². The van der Waals surface area contributed by atoms with Crippen LogP contribution in [0.2, 0.25) is 5.02 Å². The van der Waals surface area contributed by atoms with Gasteiger partial charge in [0.25, 0.3) is 5.91 Å². The summed E-state index contributed by atoms with van der Waals surface area (Å²) in [5.41, 5.74) is 4.62. The third-order valence-electron chi connectivity index (χ3n) is 3.28. The average Bonchev–Trinajstić information content (AvgIpc) is 2.77. The Morgan fingerprint density at radius 3 is 2.62 bits per heavy atom. The maximum absolute atomic E-state index is 12.4. The average molecular weight is 324 g/mol. The monoisotopic (exact) mass is 323 g/mol. The van der Waals surface area contributed by atoms with Crippen LogP contribution in [-0.4, -0.2) is 5.91 Å². The third-order valence-corrected chi connectivity index (χ3v) is 4.49. The molecule has 0 aliphatic heterocycles. The SMILES string of the molecule is Cc1cc(C(C)NC(=O)c2cc(Cl)ccc2NN)c(C)s1. The number of hydrogen-bond acceptors (Lipinski definition) is 4. The van der Waals surface area contributed by atoms with Gasteiger partial charge in [-0.15, -0.1) is 11.3 Å². The third kappa shape index (κ3) is 3.56. The molecule has 1 aromatic heterocycles. The molecular weight excluding hydrogens is 306 g/mol. The number of hydrazine groups is 1. The zero-order valence-electron chi connectivity index (χ0n) is 12.2. The lowest BCUT2D eigenvalue weighted by molar-refractivity contribution is 0.0940. The largest absolute Gasteiger partial charge is 0.345 e. The molecule has 0 radical (unpaired) electrons. The number of halogens is 1. The summed E-state index contributed by atoms with van der Waals surface area (Å²) in [6, 6.07) is 6.99. The summed E-state index contributed by atoms with van der Waals surface area (Å²) in [4.78, 5) is 14.9. The number of hydrogen-bond donors (Lipinski definition) is 3. The number of anilines is 1. The fraction of sp³-hybridized carbons (Fsp3) is 0.267. The first-order valence-electron chi connectivity index (χ1n) is 6.56. The Labute approximate surface area is 133 Å². The highest BCUT2D eigenvalue weighted by Crippen LogP contribution is 2.27. The molecule has 0 saturated heterocycles. The topological polar surface area (TPSA) is 67.2 Å². The molecule has 0 spiro atoms. The number of carbonyl (C=O) groups is 1. The molecule has 0 aliphatic carbocycles. The number of carbonyl (C=O) groups excluding carboxylic acids is 1. The van der Waals surface area contributed by atoms with E-state index >= 15 is 0 Å². The molecule has 1 aromatic carbocycles. The van der Waals surface area contributed by atoms with E-state index in [1.165, 1.54) is 9.75 Å². The van der Waals surface area contributed by atoms with Crippen molar-refractivity contribution in [3.8, 4) is 0 Å². The van der Waals surface area contributed by atoms with Gasteiger partial charge in [-0.25, -0.2) is 0 Å². The van der Waals surface area contributed by atoms with E-state index in [1.807, 2.05) is 6.92 Å². The first-order chi connectivity index (χ1) is 9.92. The first kappa shape index (κ1) is 15.8. The van der Waals surface area contributed by atoms with E-state index in [-0.39, 0.29) is 11.9 Å². The number of nitrogens with two attached hydrogens (primary N) is 1. The molecule has 4 N–H and O–H groups in total. The van der Waals surface area contributed by atoms with E-state index in [0.29, 0.717) is 16.3 Å². The fourth-order valence-corrected chi connectivity index (χ4v) is 3.46. The number of rotatable bonds is 4. The van der Waals surface area contributed by atoms with E-state index < -0.39 is 0 Å². The molecule has 0 aliphatic rings. The van der Waals surface area contributed by atoms with Crippen molar-refractivity contribution in [2.45, 2.75) is 26.8 Å². The summed E-state index contributed by atoms with van der Waals surface area (Å²) in [6.45, 7) is 6.08. The van der Waals surface area contributed by atoms with Gasteiger partial charge >= 0.3 is 0 Å². The van der Waals surface area contributed by atoms with E-state index in [1.54, 1.807) is 29.5 Å². The van der Waals surface area contributed by atoms with Gasteiger partial charge < -0.3 is 10.7 Å². The Morgan fingerprint density at radius 1 is 1.33 bits per heavy atom. The predicted octanol–water partition coefficient (Wildman–Crippen LogP) is 3.79. The standard InChI is InChI=1S/C15H18ClN3OS/c1-8-6-12(10(3)21-8)9(2)18-15(20)13-7-11(16)4-5-14(13)19-17/h4-7,9,19H,17H2,1-3H3,(H,18,20). The van der Waals surface area contributed by atoms with Crippen LogP contribution in [0, 0.1) is 13.8 Å². The van der Waals surface area contributed by atoms with Gasteiger partial charge in [0.05, 0.1) is 17.3 Å². The first-order valence-corrected chi connectivity index (χ1v) is 7.75. The highest BCUT2D eigenvalue weighted by molar-refractivity contribution is 7.12. The second-order valence-electron chi connectivity index (χ2n) is 4.90. The summed E-state index contributed by atoms with van der Waals surface area (Å²) < 4.78 is 0. The minimum absolute atomic E-state index is 0.0768. The zero-order chi connectivity index (χ0) is 15.6.